The van der Waals surface area contributed by atoms with E-state index in [1.807, 2.05) is 12.1 Å². The first kappa shape index (κ1) is 33.9. The summed E-state index contributed by atoms with van der Waals surface area (Å²) in [5.74, 6) is 0.746. The van der Waals surface area contributed by atoms with E-state index in [9.17, 15) is 4.79 Å². The van der Waals surface area contributed by atoms with E-state index < -0.39 is 0 Å². The molecule has 0 N–H and O–H groups in total. The Kier molecular flexibility index (Phi) is 17.4. The minimum absolute atomic E-state index is 0.119. The number of benzene rings is 2. The molecule has 2 aromatic rings. The van der Waals surface area contributed by atoms with Crippen LogP contribution in [0.2, 0.25) is 0 Å². The molecule has 0 bridgehead atoms. The van der Waals surface area contributed by atoms with Crippen LogP contribution in [0.3, 0.4) is 0 Å². The average Bonchev–Trinajstić information content (AvgIpc) is 2.94. The Hall–Kier alpha value is -2.33. The minimum Gasteiger partial charge on any atom is -0.487 e. The number of aryl methyl sites for hydroxylation is 1. The third-order valence-corrected chi connectivity index (χ3v) is 7.75. The van der Waals surface area contributed by atoms with Crippen LogP contribution in [0, 0.1) is 0 Å². The highest BCUT2D eigenvalue weighted by Gasteiger charge is 2.18. The van der Waals surface area contributed by atoms with Gasteiger partial charge in [-0.15, -0.1) is 0 Å². The Labute approximate surface area is 246 Å². The zero-order chi connectivity index (χ0) is 28.9. The van der Waals surface area contributed by atoms with Gasteiger partial charge in [-0.3, -0.25) is 4.79 Å². The van der Waals surface area contributed by atoms with Crippen LogP contribution in [0.15, 0.2) is 54.6 Å². The molecule has 0 aromatic heterocycles. The van der Waals surface area contributed by atoms with E-state index in [4.69, 9.17) is 9.47 Å². The molecule has 1 atom stereocenters. The van der Waals surface area contributed by atoms with Gasteiger partial charge in [0.2, 0.25) is 0 Å². The van der Waals surface area contributed by atoms with Gasteiger partial charge in [-0.1, -0.05) is 121 Å². The zero-order valence-electron chi connectivity index (χ0n) is 26.2. The molecular weight excluding hydrogens is 494 g/mol. The monoisotopic (exact) mass is 552 g/mol. The van der Waals surface area contributed by atoms with Crippen LogP contribution in [-0.2, 0) is 22.5 Å². The Morgan fingerprint density at radius 2 is 1.38 bits per heavy atom. The number of unbranched alkanes of at least 4 members (excludes halogenated alkanes) is 10. The molecule has 224 valence electrons. The number of carbonyl (C=O) groups excluding carboxylic acids is 1. The average molecular weight is 553 g/mol. The van der Waals surface area contributed by atoms with Gasteiger partial charge in [0.05, 0.1) is 27.1 Å². The minimum atomic E-state index is -0.132. The maximum Gasteiger partial charge on any atom is 0.306 e. The van der Waals surface area contributed by atoms with E-state index in [0.717, 1.165) is 42.6 Å². The summed E-state index contributed by atoms with van der Waals surface area (Å²) < 4.78 is 12.7. The second-order valence-corrected chi connectivity index (χ2v) is 12.2. The lowest BCUT2D eigenvalue weighted by molar-refractivity contribution is -0.903. The smallest absolute Gasteiger partial charge is 0.306 e. The van der Waals surface area contributed by atoms with Crippen LogP contribution in [0.4, 0.5) is 0 Å². The van der Waals surface area contributed by atoms with E-state index in [-0.39, 0.29) is 12.1 Å². The number of ether oxygens (including phenoxy) is 2. The first-order valence-corrected chi connectivity index (χ1v) is 16.2. The number of quaternary nitrogens is 1. The summed E-state index contributed by atoms with van der Waals surface area (Å²) in [6.07, 6.45) is 18.1. The van der Waals surface area contributed by atoms with Crippen molar-refractivity contribution in [2.45, 2.75) is 123 Å². The molecule has 2 aromatic carbocycles. The third-order valence-electron chi connectivity index (χ3n) is 7.75. The summed E-state index contributed by atoms with van der Waals surface area (Å²) in [4.78, 5) is 12.4. The molecule has 0 heterocycles. The van der Waals surface area contributed by atoms with Crippen molar-refractivity contribution >= 4 is 5.97 Å². The quantitative estimate of drug-likeness (QED) is 0.0783. The summed E-state index contributed by atoms with van der Waals surface area (Å²) >= 11 is 0. The predicted octanol–water partition coefficient (Wildman–Crippen LogP) is 9.30. The number of esters is 1. The number of hydrogen-bond donors (Lipinski definition) is 0. The Morgan fingerprint density at radius 1 is 0.750 bits per heavy atom. The number of rotatable bonds is 23. The molecule has 2 rings (SSSR count). The number of hydrogen-bond acceptors (Lipinski definition) is 3. The molecule has 0 aliphatic heterocycles. The second kappa shape index (κ2) is 20.5. The fraction of sp³-hybridized carbons (Fsp3) is 0.639. The molecule has 0 saturated carbocycles. The first-order valence-electron chi connectivity index (χ1n) is 16.2. The highest BCUT2D eigenvalue weighted by Crippen LogP contribution is 2.19. The van der Waals surface area contributed by atoms with Crippen molar-refractivity contribution in [1.29, 1.82) is 0 Å². The maximum atomic E-state index is 12.4. The largest absolute Gasteiger partial charge is 0.487 e. The van der Waals surface area contributed by atoms with Gasteiger partial charge in [0.25, 0.3) is 0 Å². The van der Waals surface area contributed by atoms with Crippen molar-refractivity contribution in [3.63, 3.8) is 0 Å². The molecule has 0 spiro atoms. The molecule has 0 saturated heterocycles. The van der Waals surface area contributed by atoms with E-state index in [0.29, 0.717) is 13.0 Å². The fourth-order valence-electron chi connectivity index (χ4n) is 5.26. The van der Waals surface area contributed by atoms with Gasteiger partial charge >= 0.3 is 5.97 Å². The van der Waals surface area contributed by atoms with Crippen molar-refractivity contribution in [1.82, 2.24) is 0 Å². The second-order valence-electron chi connectivity index (χ2n) is 12.2. The SMILES string of the molecule is CCCCCCCCCCCCCc1cccc(OC(CC)COC(=O)CCC[N+](C)(C)Cc2ccccc2)c1. The molecule has 4 nitrogen and oxygen atoms in total. The first-order chi connectivity index (χ1) is 19.4. The van der Waals surface area contributed by atoms with Crippen LogP contribution in [0.1, 0.15) is 115 Å². The highest BCUT2D eigenvalue weighted by atomic mass is 16.6. The topological polar surface area (TPSA) is 35.5 Å². The van der Waals surface area contributed by atoms with Crippen LogP contribution in [0.25, 0.3) is 0 Å². The molecule has 1 unspecified atom stereocenters. The van der Waals surface area contributed by atoms with Gasteiger partial charge in [-0.25, -0.2) is 0 Å². The zero-order valence-corrected chi connectivity index (χ0v) is 26.2. The molecule has 0 radical (unpaired) electrons. The van der Waals surface area contributed by atoms with E-state index >= 15 is 0 Å². The Bertz CT molecular complexity index is 911. The Balaban J connectivity index is 1.59. The van der Waals surface area contributed by atoms with Crippen LogP contribution >= 0.6 is 0 Å². The summed E-state index contributed by atoms with van der Waals surface area (Å²) in [6, 6.07) is 19.0. The van der Waals surface area contributed by atoms with Crippen molar-refractivity contribution in [3.05, 3.63) is 65.7 Å². The summed E-state index contributed by atoms with van der Waals surface area (Å²) in [5, 5.41) is 0. The van der Waals surface area contributed by atoms with Gasteiger partial charge in [-0.2, -0.15) is 0 Å². The summed E-state index contributed by atoms with van der Waals surface area (Å²) in [6.45, 7) is 6.56. The molecular formula is C36H58NO3+. The van der Waals surface area contributed by atoms with E-state index in [1.165, 1.54) is 81.8 Å². The van der Waals surface area contributed by atoms with Gasteiger partial charge in [-0.05, 0) is 37.0 Å². The number of carbonyl (C=O) groups is 1. The maximum absolute atomic E-state index is 12.4. The fourth-order valence-corrected chi connectivity index (χ4v) is 5.26. The van der Waals surface area contributed by atoms with Crippen LogP contribution in [0.5, 0.6) is 5.75 Å². The molecule has 0 fully saturated rings. The highest BCUT2D eigenvalue weighted by molar-refractivity contribution is 5.69. The standard InChI is InChI=1S/C36H58NO3/c1-5-7-8-9-10-11-12-13-14-15-17-22-32-25-20-26-35(29-32)40-34(6-2)31-39-36(38)27-21-28-37(3,4)30-33-23-18-16-19-24-33/h16,18-20,23-26,29,34H,5-15,17,21-22,27-28,30-31H2,1-4H3/q+1. The molecule has 0 amide bonds. The van der Waals surface area contributed by atoms with Crippen LogP contribution < -0.4 is 4.74 Å². The molecule has 40 heavy (non-hydrogen) atoms. The lowest BCUT2D eigenvalue weighted by Gasteiger charge is -2.29. The predicted molar refractivity (Wildman–Crippen MR) is 169 cm³/mol. The summed E-state index contributed by atoms with van der Waals surface area (Å²) in [5.41, 5.74) is 2.65. The van der Waals surface area contributed by atoms with E-state index in [2.05, 4.69) is 70.4 Å². The van der Waals surface area contributed by atoms with Gasteiger partial charge in [0.1, 0.15) is 25.0 Å². The van der Waals surface area contributed by atoms with Crippen molar-refractivity contribution in [2.24, 2.45) is 0 Å². The lowest BCUT2D eigenvalue weighted by Crippen LogP contribution is -2.39. The van der Waals surface area contributed by atoms with Gasteiger partial charge in [0.15, 0.2) is 0 Å². The van der Waals surface area contributed by atoms with E-state index in [1.54, 1.807) is 0 Å². The van der Waals surface area contributed by atoms with Crippen molar-refractivity contribution < 1.29 is 18.8 Å². The Morgan fingerprint density at radius 3 is 2.02 bits per heavy atom. The molecule has 0 aliphatic carbocycles. The molecule has 4 heteroatoms. The normalized spacial score (nSPS) is 12.3. The van der Waals surface area contributed by atoms with Crippen LogP contribution in [-0.4, -0.2) is 43.8 Å². The number of nitrogens with zero attached hydrogens (tertiary/aromatic N) is 1. The van der Waals surface area contributed by atoms with Gasteiger partial charge in [0, 0.05) is 12.0 Å². The van der Waals surface area contributed by atoms with Crippen molar-refractivity contribution in [3.8, 4) is 5.75 Å². The third kappa shape index (κ3) is 16.1. The van der Waals surface area contributed by atoms with Crippen molar-refractivity contribution in [2.75, 3.05) is 27.2 Å². The summed E-state index contributed by atoms with van der Waals surface area (Å²) in [7, 11) is 4.43. The molecule has 0 aliphatic rings. The van der Waals surface area contributed by atoms with Gasteiger partial charge < -0.3 is 14.0 Å². The lowest BCUT2D eigenvalue weighted by atomic mass is 10.0.